The van der Waals surface area contributed by atoms with E-state index >= 15 is 0 Å². The van der Waals surface area contributed by atoms with Crippen LogP contribution in [0.15, 0.2) is 72.8 Å². The first-order valence-corrected chi connectivity index (χ1v) is 13.4. The predicted octanol–water partition coefficient (Wildman–Crippen LogP) is 7.96. The van der Waals surface area contributed by atoms with Crippen molar-refractivity contribution in [3.8, 4) is 11.6 Å². The van der Waals surface area contributed by atoms with Gasteiger partial charge < -0.3 is 10.1 Å². The van der Waals surface area contributed by atoms with Gasteiger partial charge >= 0.3 is 6.09 Å². The Bertz CT molecular complexity index is 1470. The molecule has 2 heterocycles. The average Bonchev–Trinajstić information content (AvgIpc) is 3.24. The minimum atomic E-state index is -0.606. The van der Waals surface area contributed by atoms with Crippen LogP contribution in [0.5, 0.6) is 5.88 Å². The van der Waals surface area contributed by atoms with Crippen LogP contribution in [0.25, 0.3) is 17.3 Å². The van der Waals surface area contributed by atoms with Gasteiger partial charge in [0, 0.05) is 16.5 Å². The van der Waals surface area contributed by atoms with E-state index in [1.165, 1.54) is 12.1 Å². The molecular weight excluding hydrogens is 532 g/mol. The molecule has 1 atom stereocenters. The highest BCUT2D eigenvalue weighted by molar-refractivity contribution is 7.99. The van der Waals surface area contributed by atoms with Crippen LogP contribution in [0.3, 0.4) is 0 Å². The summed E-state index contributed by atoms with van der Waals surface area (Å²) in [7, 11) is 0. The molecule has 4 aromatic rings. The fraction of sp³-hybridized carbons (Fsp3) is 0.143. The van der Waals surface area contributed by atoms with Crippen molar-refractivity contribution in [1.82, 2.24) is 15.1 Å². The highest BCUT2D eigenvalue weighted by Gasteiger charge is 2.29. The molecule has 0 radical (unpaired) electrons. The van der Waals surface area contributed by atoms with Gasteiger partial charge in [-0.15, -0.1) is 0 Å². The van der Waals surface area contributed by atoms with Crippen LogP contribution in [0.4, 0.5) is 9.18 Å². The lowest BCUT2D eigenvalue weighted by Crippen LogP contribution is -2.30. The number of amides is 1. The molecule has 1 amide bonds. The van der Waals surface area contributed by atoms with Crippen LogP contribution < -0.4 is 10.1 Å². The molecule has 188 valence electrons. The van der Waals surface area contributed by atoms with Crippen LogP contribution in [-0.4, -0.2) is 21.6 Å². The highest BCUT2D eigenvalue weighted by atomic mass is 35.5. The predicted molar refractivity (Wildman–Crippen MR) is 148 cm³/mol. The highest BCUT2D eigenvalue weighted by Crippen LogP contribution is 2.41. The monoisotopic (exact) mass is 553 g/mol. The summed E-state index contributed by atoms with van der Waals surface area (Å²) in [5.41, 5.74) is 4.75. The molecule has 0 saturated carbocycles. The maximum atomic E-state index is 13.4. The minimum absolute atomic E-state index is 0.261. The molecule has 1 N–H and O–H groups in total. The van der Waals surface area contributed by atoms with Crippen molar-refractivity contribution >= 4 is 52.7 Å². The Hall–Kier alpha value is -3.26. The summed E-state index contributed by atoms with van der Waals surface area (Å²) in [6, 6.07) is 20.7. The number of rotatable bonds is 5. The van der Waals surface area contributed by atoms with Crippen molar-refractivity contribution in [3.63, 3.8) is 0 Å². The molecule has 0 bridgehead atoms. The number of hydrogen-bond donors (Lipinski definition) is 1. The first kappa shape index (κ1) is 25.4. The zero-order valence-electron chi connectivity index (χ0n) is 19.8. The van der Waals surface area contributed by atoms with Gasteiger partial charge in [-0.2, -0.15) is 21.5 Å². The van der Waals surface area contributed by atoms with Crippen LogP contribution in [0.1, 0.15) is 35.3 Å². The second-order valence-corrected chi connectivity index (χ2v) is 10.3. The number of nitrogens with zero attached hydrogens (tertiary/aromatic N) is 2. The number of ether oxygens (including phenoxy) is 1. The summed E-state index contributed by atoms with van der Waals surface area (Å²) in [4.78, 5) is 13.0. The number of halogens is 3. The summed E-state index contributed by atoms with van der Waals surface area (Å²) in [6.45, 7) is 1.89. The van der Waals surface area contributed by atoms with Gasteiger partial charge in [0.1, 0.15) is 5.82 Å². The van der Waals surface area contributed by atoms with E-state index in [1.807, 2.05) is 43.3 Å². The van der Waals surface area contributed by atoms with Gasteiger partial charge in [0.25, 0.3) is 0 Å². The maximum Gasteiger partial charge on any atom is 0.414 e. The van der Waals surface area contributed by atoms with Crippen LogP contribution >= 0.6 is 35.0 Å². The molecular formula is C28H22Cl2FN3O2S. The number of nitrogens with one attached hydrogen (secondary N) is 1. The summed E-state index contributed by atoms with van der Waals surface area (Å²) >= 11 is 14.3. The number of fused-ring (bicyclic) bond motifs is 1. The van der Waals surface area contributed by atoms with E-state index < -0.39 is 6.09 Å². The Morgan fingerprint density at radius 1 is 1.11 bits per heavy atom. The molecule has 1 aliphatic heterocycles. The van der Waals surface area contributed by atoms with E-state index in [1.54, 1.807) is 46.8 Å². The van der Waals surface area contributed by atoms with E-state index in [9.17, 15) is 9.18 Å². The van der Waals surface area contributed by atoms with Gasteiger partial charge in [0.2, 0.25) is 5.88 Å². The quantitative estimate of drug-likeness (QED) is 0.272. The summed E-state index contributed by atoms with van der Waals surface area (Å²) in [5.74, 6) is 1.29. The zero-order chi connectivity index (χ0) is 25.9. The SMILES string of the molecule is C[C@@H](NC(=O)Oc1c2c(nn1-c1ccc(Cl)cc1Cl)/C(=C/c1ccc(F)cc1)CSC2)c1ccccc1. The van der Waals surface area contributed by atoms with Gasteiger partial charge in [-0.05, 0) is 60.0 Å². The van der Waals surface area contributed by atoms with Crippen molar-refractivity contribution in [2.45, 2.75) is 18.7 Å². The lowest BCUT2D eigenvalue weighted by molar-refractivity contribution is 0.193. The zero-order valence-corrected chi connectivity index (χ0v) is 22.1. The number of thioether (sulfide) groups is 1. The van der Waals surface area contributed by atoms with Gasteiger partial charge in [0.15, 0.2) is 0 Å². The topological polar surface area (TPSA) is 56.1 Å². The van der Waals surface area contributed by atoms with Gasteiger partial charge in [-0.1, -0.05) is 65.7 Å². The summed E-state index contributed by atoms with van der Waals surface area (Å²) in [6.07, 6.45) is 1.36. The minimum Gasteiger partial charge on any atom is -0.391 e. The standard InChI is InChI=1S/C28H22Cl2FN3O2S/c1-17(19-5-3-2-4-6-19)32-28(35)36-27-23-16-37-15-20(13-18-7-10-22(31)11-8-18)26(23)33-34(27)25-12-9-21(29)14-24(25)30/h2-14,17H,15-16H2,1H3,(H,32,35)/b20-13+/t17-/m1/s1. The smallest absolute Gasteiger partial charge is 0.391 e. The van der Waals surface area contributed by atoms with E-state index in [-0.39, 0.29) is 17.7 Å². The number of benzene rings is 3. The van der Waals surface area contributed by atoms with Crippen molar-refractivity contribution in [2.75, 3.05) is 5.75 Å². The second kappa shape index (κ2) is 11.0. The molecule has 0 spiro atoms. The Balaban J connectivity index is 1.54. The normalized spacial score (nSPS) is 14.8. The Morgan fingerprint density at radius 3 is 2.59 bits per heavy atom. The Kier molecular flexibility index (Phi) is 7.55. The van der Waals surface area contributed by atoms with Gasteiger partial charge in [-0.3, -0.25) is 0 Å². The third-order valence-corrected chi connectivity index (χ3v) is 7.46. The van der Waals surface area contributed by atoms with E-state index in [0.29, 0.717) is 32.9 Å². The largest absolute Gasteiger partial charge is 0.414 e. The van der Waals surface area contributed by atoms with E-state index in [2.05, 4.69) is 5.32 Å². The molecule has 0 saturated heterocycles. The van der Waals surface area contributed by atoms with Gasteiger partial charge in [-0.25, -0.2) is 9.18 Å². The Labute approximate surface area is 228 Å². The molecule has 5 rings (SSSR count). The molecule has 3 aromatic carbocycles. The van der Waals surface area contributed by atoms with Crippen LogP contribution in [-0.2, 0) is 5.75 Å². The average molecular weight is 554 g/mol. The molecule has 37 heavy (non-hydrogen) atoms. The fourth-order valence-electron chi connectivity index (χ4n) is 4.06. The molecule has 1 aromatic heterocycles. The number of hydrogen-bond acceptors (Lipinski definition) is 4. The van der Waals surface area contributed by atoms with Crippen LogP contribution in [0.2, 0.25) is 10.0 Å². The van der Waals surface area contributed by atoms with E-state index in [4.69, 9.17) is 33.0 Å². The van der Waals surface area contributed by atoms with Crippen molar-refractivity contribution < 1.29 is 13.9 Å². The maximum absolute atomic E-state index is 13.4. The first-order valence-electron chi connectivity index (χ1n) is 11.5. The summed E-state index contributed by atoms with van der Waals surface area (Å²) < 4.78 is 20.9. The third kappa shape index (κ3) is 5.69. The molecule has 5 nitrogen and oxygen atoms in total. The first-order chi connectivity index (χ1) is 17.9. The van der Waals surface area contributed by atoms with E-state index in [0.717, 1.165) is 22.3 Å². The van der Waals surface area contributed by atoms with Crippen LogP contribution in [0, 0.1) is 5.82 Å². The van der Waals surface area contributed by atoms with Crippen molar-refractivity contribution in [3.05, 3.63) is 111 Å². The molecule has 0 aliphatic carbocycles. The summed E-state index contributed by atoms with van der Waals surface area (Å²) in [5, 5.41) is 8.56. The molecule has 0 unspecified atom stereocenters. The Morgan fingerprint density at radius 2 is 1.86 bits per heavy atom. The molecule has 9 heteroatoms. The number of aromatic nitrogens is 2. The van der Waals surface area contributed by atoms with Crippen molar-refractivity contribution in [1.29, 1.82) is 0 Å². The molecule has 1 aliphatic rings. The second-order valence-electron chi connectivity index (χ2n) is 8.52. The fourth-order valence-corrected chi connectivity index (χ4v) is 5.56. The lowest BCUT2D eigenvalue weighted by Gasteiger charge is -2.17. The van der Waals surface area contributed by atoms with Crippen molar-refractivity contribution in [2.24, 2.45) is 0 Å². The third-order valence-electron chi connectivity index (χ3n) is 5.92. The van der Waals surface area contributed by atoms with Gasteiger partial charge in [0.05, 0.1) is 28.0 Å². The number of carbonyl (C=O) groups is 1. The molecule has 0 fully saturated rings. The number of carbonyl (C=O) groups excluding carboxylic acids is 1. The lowest BCUT2D eigenvalue weighted by atomic mass is 10.1.